The summed E-state index contributed by atoms with van der Waals surface area (Å²) in [5.74, 6) is 0.345. The SMILES string of the molecule is NC(N)=C(/C=C(\N)c1ccccc1O)N1CCNC(Cc2ccccc2)C1. The topological polar surface area (TPSA) is 114 Å². The van der Waals surface area contributed by atoms with Crippen LogP contribution in [0.15, 0.2) is 72.2 Å². The number of phenolic OH excluding ortho intramolecular Hbond substituents is 1. The molecule has 2 aromatic rings. The molecule has 0 amide bonds. The van der Waals surface area contributed by atoms with Gasteiger partial charge < -0.3 is 32.5 Å². The van der Waals surface area contributed by atoms with Gasteiger partial charge >= 0.3 is 0 Å². The quantitative estimate of drug-likeness (QED) is 0.510. The molecule has 1 aliphatic heterocycles. The van der Waals surface area contributed by atoms with E-state index >= 15 is 0 Å². The molecule has 1 unspecified atom stereocenters. The maximum absolute atomic E-state index is 10.0. The van der Waals surface area contributed by atoms with Crippen LogP contribution in [0, 0.1) is 0 Å². The molecular formula is C21H27N5O. The van der Waals surface area contributed by atoms with Crippen molar-refractivity contribution in [2.24, 2.45) is 17.2 Å². The summed E-state index contributed by atoms with van der Waals surface area (Å²) < 4.78 is 0. The number of hydrogen-bond acceptors (Lipinski definition) is 6. The molecule has 1 atom stereocenters. The van der Waals surface area contributed by atoms with Gasteiger partial charge in [-0.2, -0.15) is 0 Å². The van der Waals surface area contributed by atoms with Gasteiger partial charge in [-0.05, 0) is 30.2 Å². The molecular weight excluding hydrogens is 338 g/mol. The van der Waals surface area contributed by atoms with E-state index in [1.807, 2.05) is 12.1 Å². The van der Waals surface area contributed by atoms with E-state index in [4.69, 9.17) is 17.2 Å². The van der Waals surface area contributed by atoms with Crippen LogP contribution in [-0.2, 0) is 6.42 Å². The number of para-hydroxylation sites is 1. The highest BCUT2D eigenvalue weighted by Gasteiger charge is 2.22. The van der Waals surface area contributed by atoms with Gasteiger partial charge in [0.2, 0.25) is 0 Å². The monoisotopic (exact) mass is 365 g/mol. The van der Waals surface area contributed by atoms with E-state index in [2.05, 4.69) is 34.5 Å². The van der Waals surface area contributed by atoms with Crippen molar-refractivity contribution in [3.63, 3.8) is 0 Å². The predicted molar refractivity (Wildman–Crippen MR) is 109 cm³/mol. The fourth-order valence-corrected chi connectivity index (χ4v) is 3.38. The van der Waals surface area contributed by atoms with Gasteiger partial charge in [0.1, 0.15) is 11.6 Å². The third-order valence-corrected chi connectivity index (χ3v) is 4.72. The Kier molecular flexibility index (Phi) is 5.88. The van der Waals surface area contributed by atoms with Gasteiger partial charge in [-0.15, -0.1) is 0 Å². The van der Waals surface area contributed by atoms with Crippen LogP contribution in [0.3, 0.4) is 0 Å². The molecule has 3 rings (SSSR count). The minimum atomic E-state index is 0.128. The van der Waals surface area contributed by atoms with Gasteiger partial charge in [-0.3, -0.25) is 0 Å². The lowest BCUT2D eigenvalue weighted by Gasteiger charge is -2.36. The fraction of sp³-hybridized carbons (Fsp3) is 0.238. The Morgan fingerprint density at radius 1 is 1.07 bits per heavy atom. The first-order chi connectivity index (χ1) is 13.0. The summed E-state index contributed by atoms with van der Waals surface area (Å²) in [7, 11) is 0. The van der Waals surface area contributed by atoms with Crippen molar-refractivity contribution >= 4 is 5.70 Å². The second-order valence-corrected chi connectivity index (χ2v) is 6.74. The van der Waals surface area contributed by atoms with Crippen LogP contribution < -0.4 is 22.5 Å². The second-order valence-electron chi connectivity index (χ2n) is 6.74. The molecule has 6 nitrogen and oxygen atoms in total. The van der Waals surface area contributed by atoms with Crippen molar-refractivity contribution in [3.05, 3.63) is 83.3 Å². The summed E-state index contributed by atoms with van der Waals surface area (Å²) in [4.78, 5) is 2.15. The summed E-state index contributed by atoms with van der Waals surface area (Å²) in [5, 5.41) is 13.6. The van der Waals surface area contributed by atoms with E-state index < -0.39 is 0 Å². The molecule has 0 radical (unpaired) electrons. The Labute approximate surface area is 160 Å². The third-order valence-electron chi connectivity index (χ3n) is 4.72. The number of nitrogens with zero attached hydrogens (tertiary/aromatic N) is 1. The maximum atomic E-state index is 10.0. The maximum Gasteiger partial charge on any atom is 0.124 e. The number of rotatable bonds is 5. The van der Waals surface area contributed by atoms with Gasteiger partial charge in [0.25, 0.3) is 0 Å². The number of nitrogens with two attached hydrogens (primary N) is 3. The average Bonchev–Trinajstić information content (AvgIpc) is 2.67. The van der Waals surface area contributed by atoms with Gasteiger partial charge in [-0.25, -0.2) is 0 Å². The first-order valence-electron chi connectivity index (χ1n) is 9.07. The smallest absolute Gasteiger partial charge is 0.124 e. The molecule has 0 aromatic heterocycles. The van der Waals surface area contributed by atoms with Crippen LogP contribution in [0.1, 0.15) is 11.1 Å². The standard InChI is InChI=1S/C21H27N5O/c22-18(17-8-4-5-9-20(17)27)13-19(21(23)24)26-11-10-25-16(14-26)12-15-6-2-1-3-7-15/h1-9,13,16,25,27H,10-12,14,22-24H2/b18-13-. The minimum Gasteiger partial charge on any atom is -0.507 e. The minimum absolute atomic E-state index is 0.128. The lowest BCUT2D eigenvalue weighted by molar-refractivity contribution is 0.249. The Hall–Kier alpha value is -3.12. The molecule has 6 heteroatoms. The molecule has 1 saturated heterocycles. The molecule has 2 aromatic carbocycles. The van der Waals surface area contributed by atoms with Crippen LogP contribution in [0.4, 0.5) is 0 Å². The van der Waals surface area contributed by atoms with Crippen molar-refractivity contribution in [1.82, 2.24) is 10.2 Å². The number of piperazine rings is 1. The Morgan fingerprint density at radius 3 is 2.48 bits per heavy atom. The Bertz CT molecular complexity index is 827. The zero-order chi connectivity index (χ0) is 19.2. The molecule has 0 bridgehead atoms. The summed E-state index contributed by atoms with van der Waals surface area (Å²) in [5.41, 5.74) is 21.1. The van der Waals surface area contributed by atoms with E-state index in [1.54, 1.807) is 24.3 Å². The number of phenols is 1. The molecule has 0 spiro atoms. The van der Waals surface area contributed by atoms with Crippen LogP contribution in [0.2, 0.25) is 0 Å². The van der Waals surface area contributed by atoms with E-state index in [9.17, 15) is 5.11 Å². The van der Waals surface area contributed by atoms with E-state index in [0.717, 1.165) is 26.1 Å². The Morgan fingerprint density at radius 2 is 1.78 bits per heavy atom. The van der Waals surface area contributed by atoms with Crippen molar-refractivity contribution in [1.29, 1.82) is 0 Å². The molecule has 142 valence electrons. The van der Waals surface area contributed by atoms with Crippen LogP contribution >= 0.6 is 0 Å². The van der Waals surface area contributed by atoms with E-state index in [1.165, 1.54) is 5.56 Å². The van der Waals surface area contributed by atoms with E-state index in [0.29, 0.717) is 17.0 Å². The zero-order valence-electron chi connectivity index (χ0n) is 15.3. The number of nitrogens with one attached hydrogen (secondary N) is 1. The number of aromatic hydroxyl groups is 1. The van der Waals surface area contributed by atoms with Gasteiger partial charge in [0.15, 0.2) is 0 Å². The van der Waals surface area contributed by atoms with Crippen LogP contribution in [0.5, 0.6) is 5.75 Å². The number of allylic oxidation sites excluding steroid dienone is 1. The summed E-state index contributed by atoms with van der Waals surface area (Å²) in [6.07, 6.45) is 2.67. The summed E-state index contributed by atoms with van der Waals surface area (Å²) >= 11 is 0. The first-order valence-corrected chi connectivity index (χ1v) is 9.07. The highest BCUT2D eigenvalue weighted by molar-refractivity contribution is 5.69. The normalized spacial score (nSPS) is 17.6. The molecule has 1 fully saturated rings. The van der Waals surface area contributed by atoms with Crippen molar-refractivity contribution in [2.75, 3.05) is 19.6 Å². The second kappa shape index (κ2) is 8.51. The van der Waals surface area contributed by atoms with Crippen molar-refractivity contribution < 1.29 is 5.11 Å². The lowest BCUT2D eigenvalue weighted by Crippen LogP contribution is -2.51. The molecule has 27 heavy (non-hydrogen) atoms. The molecule has 1 heterocycles. The fourth-order valence-electron chi connectivity index (χ4n) is 3.38. The van der Waals surface area contributed by atoms with Crippen LogP contribution in [0.25, 0.3) is 5.70 Å². The average molecular weight is 365 g/mol. The summed E-state index contributed by atoms with van der Waals surface area (Å²) in [6.45, 7) is 2.38. The van der Waals surface area contributed by atoms with Crippen molar-refractivity contribution in [2.45, 2.75) is 12.5 Å². The largest absolute Gasteiger partial charge is 0.507 e. The third kappa shape index (κ3) is 4.74. The highest BCUT2D eigenvalue weighted by Crippen LogP contribution is 2.23. The van der Waals surface area contributed by atoms with Gasteiger partial charge in [-0.1, -0.05) is 42.5 Å². The van der Waals surface area contributed by atoms with Gasteiger partial charge in [0, 0.05) is 36.9 Å². The molecule has 8 N–H and O–H groups in total. The molecule has 1 aliphatic rings. The number of benzene rings is 2. The van der Waals surface area contributed by atoms with E-state index in [-0.39, 0.29) is 17.6 Å². The van der Waals surface area contributed by atoms with Crippen LogP contribution in [-0.4, -0.2) is 35.7 Å². The highest BCUT2D eigenvalue weighted by atomic mass is 16.3. The zero-order valence-corrected chi connectivity index (χ0v) is 15.3. The molecule has 0 aliphatic carbocycles. The molecule has 0 saturated carbocycles. The predicted octanol–water partition coefficient (Wildman–Crippen LogP) is 1.29. The lowest BCUT2D eigenvalue weighted by atomic mass is 10.0. The summed E-state index contributed by atoms with van der Waals surface area (Å²) in [6, 6.07) is 17.6. The number of hydrogen-bond donors (Lipinski definition) is 5. The van der Waals surface area contributed by atoms with Crippen molar-refractivity contribution in [3.8, 4) is 5.75 Å². The first kappa shape index (κ1) is 18.7. The Balaban J connectivity index is 1.78. The van der Waals surface area contributed by atoms with Gasteiger partial charge in [0.05, 0.1) is 5.70 Å².